The van der Waals surface area contributed by atoms with Crippen LogP contribution in [0.25, 0.3) is 5.69 Å². The summed E-state index contributed by atoms with van der Waals surface area (Å²) in [6, 6.07) is 11.7. The summed E-state index contributed by atoms with van der Waals surface area (Å²) in [5.74, 6) is 1.85. The zero-order valence-electron chi connectivity index (χ0n) is 14.5. The second-order valence-electron chi connectivity index (χ2n) is 5.89. The van der Waals surface area contributed by atoms with Gasteiger partial charge in [0.2, 0.25) is 5.91 Å². The molecule has 6 heteroatoms. The van der Waals surface area contributed by atoms with Crippen molar-refractivity contribution in [3.8, 4) is 5.69 Å². The number of aryl methyl sites for hydroxylation is 2. The van der Waals surface area contributed by atoms with Crippen LogP contribution >= 0.6 is 11.8 Å². The molecule has 1 atom stereocenters. The molecule has 0 fully saturated rings. The number of carbonyl (C=O) groups is 1. The largest absolute Gasteiger partial charge is 0.464 e. The van der Waals surface area contributed by atoms with Gasteiger partial charge in [-0.2, -0.15) is 0 Å². The Kier molecular flexibility index (Phi) is 5.28. The van der Waals surface area contributed by atoms with E-state index in [-0.39, 0.29) is 11.9 Å². The van der Waals surface area contributed by atoms with Gasteiger partial charge in [-0.15, -0.1) is 0 Å². The van der Waals surface area contributed by atoms with Gasteiger partial charge in [0.25, 0.3) is 0 Å². The Morgan fingerprint density at radius 1 is 1.28 bits per heavy atom. The highest BCUT2D eigenvalue weighted by Gasteiger charge is 2.14. The lowest BCUT2D eigenvalue weighted by Gasteiger charge is -2.12. The molecule has 1 aromatic carbocycles. The molecule has 25 heavy (non-hydrogen) atoms. The maximum Gasteiger partial charge on any atom is 0.231 e. The molecular weight excluding hydrogens is 334 g/mol. The lowest BCUT2D eigenvalue weighted by Crippen LogP contribution is -2.28. The molecule has 0 radical (unpaired) electrons. The number of nitrogens with zero attached hydrogens (tertiary/aromatic N) is 2. The van der Waals surface area contributed by atoms with E-state index in [0.29, 0.717) is 5.75 Å². The SMILES string of the molecule is Cc1ccc(C(C)NC(=O)CSc2nccn2-c2ccccc2C)o1. The fourth-order valence-electron chi connectivity index (χ4n) is 2.58. The minimum absolute atomic E-state index is 0.0501. The molecule has 130 valence electrons. The molecule has 0 aliphatic rings. The van der Waals surface area contributed by atoms with Crippen LogP contribution in [0.1, 0.15) is 30.0 Å². The fourth-order valence-corrected chi connectivity index (χ4v) is 3.36. The Morgan fingerprint density at radius 3 is 2.80 bits per heavy atom. The van der Waals surface area contributed by atoms with Crippen LogP contribution in [0.4, 0.5) is 0 Å². The first-order chi connectivity index (χ1) is 12.0. The minimum atomic E-state index is -0.155. The molecule has 0 bridgehead atoms. The number of imidazole rings is 1. The molecule has 0 aliphatic heterocycles. The van der Waals surface area contributed by atoms with Crippen LogP contribution in [0.5, 0.6) is 0 Å². The van der Waals surface area contributed by atoms with E-state index >= 15 is 0 Å². The molecule has 0 aliphatic carbocycles. The number of aromatic nitrogens is 2. The summed E-state index contributed by atoms with van der Waals surface area (Å²) >= 11 is 1.42. The Balaban J connectivity index is 1.62. The summed E-state index contributed by atoms with van der Waals surface area (Å²) in [5.41, 5.74) is 2.23. The lowest BCUT2D eigenvalue weighted by molar-refractivity contribution is -0.119. The van der Waals surface area contributed by atoms with Crippen LogP contribution in [0, 0.1) is 13.8 Å². The van der Waals surface area contributed by atoms with Crippen LogP contribution in [0.15, 0.2) is 58.4 Å². The quantitative estimate of drug-likeness (QED) is 0.678. The molecule has 1 unspecified atom stereocenters. The van der Waals surface area contributed by atoms with Crippen molar-refractivity contribution in [2.24, 2.45) is 0 Å². The minimum Gasteiger partial charge on any atom is -0.464 e. The monoisotopic (exact) mass is 355 g/mol. The van der Waals surface area contributed by atoms with Gasteiger partial charge in [0.05, 0.1) is 17.5 Å². The first kappa shape index (κ1) is 17.4. The van der Waals surface area contributed by atoms with Crippen LogP contribution in [0.2, 0.25) is 0 Å². The average molecular weight is 355 g/mol. The summed E-state index contributed by atoms with van der Waals surface area (Å²) in [6.45, 7) is 5.86. The van der Waals surface area contributed by atoms with Crippen LogP contribution < -0.4 is 5.32 Å². The normalized spacial score (nSPS) is 12.1. The second kappa shape index (κ2) is 7.61. The van der Waals surface area contributed by atoms with Crippen molar-refractivity contribution < 1.29 is 9.21 Å². The number of benzene rings is 1. The number of carbonyl (C=O) groups excluding carboxylic acids is 1. The number of hydrogen-bond acceptors (Lipinski definition) is 4. The van der Waals surface area contributed by atoms with Crippen molar-refractivity contribution in [2.45, 2.75) is 32.0 Å². The van der Waals surface area contributed by atoms with Gasteiger partial charge in [0, 0.05) is 12.4 Å². The third-order valence-corrected chi connectivity index (χ3v) is 4.85. The molecule has 2 heterocycles. The number of rotatable bonds is 6. The van der Waals surface area contributed by atoms with Gasteiger partial charge in [-0.05, 0) is 44.5 Å². The highest BCUT2D eigenvalue weighted by molar-refractivity contribution is 7.99. The maximum atomic E-state index is 12.2. The summed E-state index contributed by atoms with van der Waals surface area (Å²) in [6.07, 6.45) is 3.66. The van der Waals surface area contributed by atoms with Crippen molar-refractivity contribution in [3.63, 3.8) is 0 Å². The second-order valence-corrected chi connectivity index (χ2v) is 6.84. The van der Waals surface area contributed by atoms with Crippen molar-refractivity contribution in [1.82, 2.24) is 14.9 Å². The number of nitrogens with one attached hydrogen (secondary N) is 1. The Morgan fingerprint density at radius 2 is 2.08 bits per heavy atom. The average Bonchev–Trinajstić information content (AvgIpc) is 3.22. The number of thioether (sulfide) groups is 1. The third-order valence-electron chi connectivity index (χ3n) is 3.88. The molecule has 1 amide bonds. The van der Waals surface area contributed by atoms with Gasteiger partial charge in [0.15, 0.2) is 5.16 Å². The van der Waals surface area contributed by atoms with Gasteiger partial charge < -0.3 is 9.73 Å². The van der Waals surface area contributed by atoms with E-state index in [1.54, 1.807) is 6.20 Å². The number of amides is 1. The standard InChI is InChI=1S/C19H21N3O2S/c1-13-6-4-5-7-16(13)22-11-10-20-19(22)25-12-18(23)21-15(3)17-9-8-14(2)24-17/h4-11,15H,12H2,1-3H3,(H,21,23). The summed E-state index contributed by atoms with van der Waals surface area (Å²) in [5, 5.41) is 3.75. The van der Waals surface area contributed by atoms with E-state index < -0.39 is 0 Å². The van der Waals surface area contributed by atoms with E-state index in [1.807, 2.05) is 54.9 Å². The maximum absolute atomic E-state index is 12.2. The Bertz CT molecular complexity index is 869. The zero-order valence-corrected chi connectivity index (χ0v) is 15.3. The molecule has 0 spiro atoms. The number of para-hydroxylation sites is 1. The summed E-state index contributed by atoms with van der Waals surface area (Å²) in [7, 11) is 0. The van der Waals surface area contributed by atoms with Gasteiger partial charge in [0.1, 0.15) is 11.5 Å². The van der Waals surface area contributed by atoms with Gasteiger partial charge in [-0.3, -0.25) is 9.36 Å². The molecule has 3 aromatic rings. The van der Waals surface area contributed by atoms with Crippen LogP contribution in [-0.2, 0) is 4.79 Å². The van der Waals surface area contributed by atoms with E-state index in [0.717, 1.165) is 27.9 Å². The predicted octanol–water partition coefficient (Wildman–Crippen LogP) is 4.05. The van der Waals surface area contributed by atoms with E-state index in [4.69, 9.17) is 4.42 Å². The smallest absolute Gasteiger partial charge is 0.231 e. The first-order valence-electron chi connectivity index (χ1n) is 8.12. The molecule has 5 nitrogen and oxygen atoms in total. The summed E-state index contributed by atoms with van der Waals surface area (Å²) < 4.78 is 7.56. The Hall–Kier alpha value is -2.47. The van der Waals surface area contributed by atoms with E-state index in [2.05, 4.69) is 23.3 Å². The summed E-state index contributed by atoms with van der Waals surface area (Å²) in [4.78, 5) is 16.6. The van der Waals surface area contributed by atoms with Gasteiger partial charge in [-0.25, -0.2) is 4.98 Å². The van der Waals surface area contributed by atoms with Crippen molar-refractivity contribution >= 4 is 17.7 Å². The van der Waals surface area contributed by atoms with Crippen LogP contribution in [-0.4, -0.2) is 21.2 Å². The Labute approximate surface area is 151 Å². The highest BCUT2D eigenvalue weighted by atomic mass is 32.2. The topological polar surface area (TPSA) is 60.1 Å². The first-order valence-corrected chi connectivity index (χ1v) is 9.11. The van der Waals surface area contributed by atoms with Crippen molar-refractivity contribution in [3.05, 3.63) is 65.9 Å². The predicted molar refractivity (Wildman–Crippen MR) is 99.0 cm³/mol. The lowest BCUT2D eigenvalue weighted by atomic mass is 10.2. The van der Waals surface area contributed by atoms with E-state index in [9.17, 15) is 4.79 Å². The fraction of sp³-hybridized carbons (Fsp3) is 0.263. The zero-order chi connectivity index (χ0) is 17.8. The molecule has 3 rings (SSSR count). The van der Waals surface area contributed by atoms with Gasteiger partial charge in [-0.1, -0.05) is 30.0 Å². The number of furan rings is 1. The van der Waals surface area contributed by atoms with E-state index in [1.165, 1.54) is 11.8 Å². The molecule has 0 saturated carbocycles. The highest BCUT2D eigenvalue weighted by Crippen LogP contribution is 2.23. The van der Waals surface area contributed by atoms with Gasteiger partial charge >= 0.3 is 0 Å². The van der Waals surface area contributed by atoms with Crippen molar-refractivity contribution in [1.29, 1.82) is 0 Å². The molecule has 1 N–H and O–H groups in total. The van der Waals surface area contributed by atoms with Crippen LogP contribution in [0.3, 0.4) is 0 Å². The molecule has 2 aromatic heterocycles. The third kappa shape index (κ3) is 4.14. The van der Waals surface area contributed by atoms with Crippen molar-refractivity contribution in [2.75, 3.05) is 5.75 Å². The number of hydrogen-bond donors (Lipinski definition) is 1. The molecular formula is C19H21N3O2S. The molecule has 0 saturated heterocycles.